The van der Waals surface area contributed by atoms with Gasteiger partial charge < -0.3 is 10.4 Å². The lowest BCUT2D eigenvalue weighted by molar-refractivity contribution is -0.115. The zero-order valence-corrected chi connectivity index (χ0v) is 18.5. The number of hydrogen-bond donors (Lipinski definition) is 2. The van der Waals surface area contributed by atoms with Crippen LogP contribution >= 0.6 is 24.0 Å². The molecule has 2 aromatic heterocycles. The van der Waals surface area contributed by atoms with Gasteiger partial charge in [0.1, 0.15) is 9.97 Å². The molecule has 3 aromatic rings. The summed E-state index contributed by atoms with van der Waals surface area (Å²) in [6.07, 6.45) is 7.25. The summed E-state index contributed by atoms with van der Waals surface area (Å²) in [5, 5.41) is 12.4. The minimum absolute atomic E-state index is 0.154. The number of fused-ring (bicyclic) bond motifs is 1. The molecular formula is C23H22N4O2S2. The number of nitrogens with one attached hydrogen (secondary N) is 1. The molecule has 0 radical (unpaired) electrons. The number of thiocarbonyl (C=S) groups is 1. The number of likely N-dealkylation sites (tertiary alicyclic amines) is 1. The first-order chi connectivity index (χ1) is 15.0. The van der Waals surface area contributed by atoms with Crippen molar-refractivity contribution < 1.29 is 9.90 Å². The van der Waals surface area contributed by atoms with E-state index in [0.29, 0.717) is 9.23 Å². The average Bonchev–Trinajstić information content (AvgIpc) is 3.32. The highest BCUT2D eigenvalue weighted by atomic mass is 32.2. The Labute approximate surface area is 190 Å². The first-order valence-electron chi connectivity index (χ1n) is 10.3. The van der Waals surface area contributed by atoms with Gasteiger partial charge in [-0.15, -0.1) is 0 Å². The molecule has 31 heavy (non-hydrogen) atoms. The van der Waals surface area contributed by atoms with Crippen molar-refractivity contribution in [2.75, 3.05) is 13.1 Å². The summed E-state index contributed by atoms with van der Waals surface area (Å²) >= 11 is 6.35. The van der Waals surface area contributed by atoms with E-state index in [9.17, 15) is 9.90 Å². The predicted molar refractivity (Wildman–Crippen MR) is 127 cm³/mol. The fourth-order valence-corrected chi connectivity index (χ4v) is 5.08. The molecule has 0 saturated carbocycles. The van der Waals surface area contributed by atoms with E-state index in [1.54, 1.807) is 0 Å². The number of imidazole rings is 1. The smallest absolute Gasteiger partial charge is 0.263 e. The molecule has 0 atom stereocenters. The van der Waals surface area contributed by atoms with Crippen molar-refractivity contribution in [1.82, 2.24) is 19.6 Å². The molecule has 0 bridgehead atoms. The maximum Gasteiger partial charge on any atom is 0.263 e. The average molecular weight is 451 g/mol. The summed E-state index contributed by atoms with van der Waals surface area (Å²) in [5.41, 5.74) is 5.12. The van der Waals surface area contributed by atoms with Crippen molar-refractivity contribution in [2.24, 2.45) is 0 Å². The highest BCUT2D eigenvalue weighted by molar-refractivity contribution is 8.26. The Morgan fingerprint density at radius 1 is 1.26 bits per heavy atom. The first kappa shape index (κ1) is 20.4. The zero-order valence-electron chi connectivity index (χ0n) is 16.8. The fourth-order valence-electron chi connectivity index (χ4n) is 4.03. The van der Waals surface area contributed by atoms with Crippen LogP contribution in [0.1, 0.15) is 24.0 Å². The molecule has 6 nitrogen and oxygen atoms in total. The Morgan fingerprint density at radius 3 is 2.87 bits per heavy atom. The predicted octanol–water partition coefficient (Wildman–Crippen LogP) is 3.45. The lowest BCUT2D eigenvalue weighted by atomic mass is 10.0. The maximum absolute atomic E-state index is 12.0. The molecule has 2 aliphatic heterocycles. The number of carbonyl (C=O) groups excluding carboxylic acids is 1. The normalized spacial score (nSPS) is 19.5. The number of aliphatic hydroxyl groups excluding tert-OH is 1. The molecule has 4 heterocycles. The molecule has 0 unspecified atom stereocenters. The van der Waals surface area contributed by atoms with Crippen LogP contribution in [-0.2, 0) is 11.3 Å². The third kappa shape index (κ3) is 4.43. The van der Waals surface area contributed by atoms with E-state index < -0.39 is 0 Å². The minimum Gasteiger partial charge on any atom is -0.393 e. The summed E-state index contributed by atoms with van der Waals surface area (Å²) in [6, 6.07) is 12.4. The number of pyridine rings is 1. The highest BCUT2D eigenvalue weighted by Gasteiger charge is 2.22. The lowest BCUT2D eigenvalue weighted by Gasteiger charge is -2.29. The zero-order chi connectivity index (χ0) is 21.4. The van der Waals surface area contributed by atoms with Crippen LogP contribution in [0.4, 0.5) is 0 Å². The summed E-state index contributed by atoms with van der Waals surface area (Å²) < 4.78 is 2.54. The van der Waals surface area contributed by atoms with E-state index in [4.69, 9.17) is 12.2 Å². The molecule has 158 valence electrons. The van der Waals surface area contributed by atoms with Gasteiger partial charge in [0.2, 0.25) is 0 Å². The Kier molecular flexibility index (Phi) is 5.62. The van der Waals surface area contributed by atoms with E-state index >= 15 is 0 Å². The Hall–Kier alpha value is -2.52. The largest absolute Gasteiger partial charge is 0.393 e. The molecule has 2 saturated heterocycles. The topological polar surface area (TPSA) is 69.9 Å². The van der Waals surface area contributed by atoms with Crippen molar-refractivity contribution in [3.8, 4) is 11.3 Å². The third-order valence-corrected chi connectivity index (χ3v) is 6.82. The van der Waals surface area contributed by atoms with Crippen LogP contribution < -0.4 is 5.32 Å². The second kappa shape index (κ2) is 8.55. The summed E-state index contributed by atoms with van der Waals surface area (Å²) in [6.45, 7) is 2.73. The molecule has 1 aromatic carbocycles. The van der Waals surface area contributed by atoms with Crippen LogP contribution in [-0.4, -0.2) is 48.8 Å². The number of aliphatic hydroxyl groups is 1. The molecule has 0 aliphatic carbocycles. The number of amides is 1. The van der Waals surface area contributed by atoms with Crippen molar-refractivity contribution in [1.29, 1.82) is 0 Å². The minimum atomic E-state index is -0.158. The van der Waals surface area contributed by atoms with Gasteiger partial charge in [0, 0.05) is 31.4 Å². The summed E-state index contributed by atoms with van der Waals surface area (Å²) in [7, 11) is 0. The van der Waals surface area contributed by atoms with Gasteiger partial charge in [-0.1, -0.05) is 42.2 Å². The molecule has 0 spiro atoms. The van der Waals surface area contributed by atoms with E-state index in [-0.39, 0.29) is 12.0 Å². The number of hydrogen-bond acceptors (Lipinski definition) is 6. The molecule has 8 heteroatoms. The van der Waals surface area contributed by atoms with Crippen LogP contribution in [0.2, 0.25) is 0 Å². The monoisotopic (exact) mass is 450 g/mol. The van der Waals surface area contributed by atoms with Crippen molar-refractivity contribution in [3.63, 3.8) is 0 Å². The summed E-state index contributed by atoms with van der Waals surface area (Å²) in [5.74, 6) is -0.154. The Balaban J connectivity index is 1.43. The lowest BCUT2D eigenvalue weighted by Crippen LogP contribution is -2.35. The highest BCUT2D eigenvalue weighted by Crippen LogP contribution is 2.27. The SMILES string of the molecule is O=C1NC(=S)S/C1=C\c1ccc2ncc(-c3cccc(CN4CCC(O)CC4)c3)n2c1. The number of thioether (sulfide) groups is 1. The Morgan fingerprint density at radius 2 is 2.10 bits per heavy atom. The van der Waals surface area contributed by atoms with Gasteiger partial charge in [-0.05, 0) is 48.2 Å². The summed E-state index contributed by atoms with van der Waals surface area (Å²) in [4.78, 5) is 19.5. The van der Waals surface area contributed by atoms with E-state index in [0.717, 1.165) is 54.9 Å². The van der Waals surface area contributed by atoms with E-state index in [1.807, 2.05) is 30.6 Å². The van der Waals surface area contributed by atoms with Gasteiger partial charge in [-0.2, -0.15) is 0 Å². The van der Waals surface area contributed by atoms with Crippen LogP contribution in [0.25, 0.3) is 23.0 Å². The van der Waals surface area contributed by atoms with Crippen LogP contribution in [0.3, 0.4) is 0 Å². The van der Waals surface area contributed by atoms with Crippen LogP contribution in [0.5, 0.6) is 0 Å². The van der Waals surface area contributed by atoms with E-state index in [1.165, 1.54) is 17.3 Å². The second-order valence-corrected chi connectivity index (χ2v) is 9.61. The molecule has 5 rings (SSSR count). The number of piperidine rings is 1. The van der Waals surface area contributed by atoms with Crippen molar-refractivity contribution in [2.45, 2.75) is 25.5 Å². The molecule has 1 amide bonds. The maximum atomic E-state index is 12.0. The van der Waals surface area contributed by atoms with Gasteiger partial charge in [0.05, 0.1) is 22.9 Å². The first-order valence-corrected chi connectivity index (χ1v) is 11.5. The number of benzene rings is 1. The number of nitrogens with zero attached hydrogens (tertiary/aromatic N) is 3. The molecular weight excluding hydrogens is 428 g/mol. The van der Waals surface area contributed by atoms with Crippen LogP contribution in [0, 0.1) is 0 Å². The molecule has 2 aliphatic rings. The van der Waals surface area contributed by atoms with E-state index in [2.05, 4.69) is 43.9 Å². The van der Waals surface area contributed by atoms with Gasteiger partial charge in [-0.25, -0.2) is 4.98 Å². The molecule has 2 fully saturated rings. The Bertz CT molecular complexity index is 1200. The quantitative estimate of drug-likeness (QED) is 0.469. The van der Waals surface area contributed by atoms with Crippen LogP contribution in [0.15, 0.2) is 53.7 Å². The van der Waals surface area contributed by atoms with Gasteiger partial charge >= 0.3 is 0 Å². The third-order valence-electron chi connectivity index (χ3n) is 5.65. The number of rotatable bonds is 4. The second-order valence-electron chi connectivity index (χ2n) is 7.89. The standard InChI is InChI=1S/C23H22N4O2S2/c28-18-6-8-26(9-7-18)13-15-2-1-3-17(10-15)19-12-24-21-5-4-16(14-27(19)21)11-20-22(29)25-23(30)31-20/h1-5,10-12,14,18,28H,6-9,13H2,(H,25,29,30)/b20-11-. The fraction of sp³-hybridized carbons (Fsp3) is 0.261. The van der Waals surface area contributed by atoms with Crippen molar-refractivity contribution >= 4 is 45.9 Å². The number of aromatic nitrogens is 2. The molecule has 2 N–H and O–H groups in total. The van der Waals surface area contributed by atoms with Crippen molar-refractivity contribution in [3.05, 3.63) is 64.8 Å². The van der Waals surface area contributed by atoms with Gasteiger partial charge in [0.15, 0.2) is 0 Å². The van der Waals surface area contributed by atoms with Gasteiger partial charge in [0.25, 0.3) is 5.91 Å². The van der Waals surface area contributed by atoms with Gasteiger partial charge in [-0.3, -0.25) is 14.1 Å². The number of carbonyl (C=O) groups is 1.